The van der Waals surface area contributed by atoms with Gasteiger partial charge in [0.05, 0.1) is 16.1 Å². The quantitative estimate of drug-likeness (QED) is 0.241. The van der Waals surface area contributed by atoms with Crippen molar-refractivity contribution in [2.75, 3.05) is 37.7 Å². The maximum Gasteiger partial charge on any atom is 0.319 e. The molecule has 4 aliphatic heterocycles. The Kier molecular flexibility index (Phi) is 6.64. The number of hydrogen-bond donors (Lipinski definition) is 2. The molecule has 4 aliphatic rings. The molecule has 236 valence electrons. The molecule has 5 heterocycles. The molecule has 0 saturated carbocycles. The smallest absolute Gasteiger partial charge is 0.319 e. The van der Waals surface area contributed by atoms with Crippen molar-refractivity contribution in [3.63, 3.8) is 0 Å². The zero-order chi connectivity index (χ0) is 31.2. The molecular formula is C33H32ClF4N5O2. The highest BCUT2D eigenvalue weighted by atomic mass is 35.5. The standard InChI is InChI=1S/C33H32ClF4N5O2/c1-32-5-3-20(41-32)14-42(15-32)30-23-11-25(37)27(22-10-21(44)8-17-7-18(35)9-24(34)26(17)22)28(38)29(23)39-31(40-30)45-16-33-4-2-6-43(33)13-19(36)12-33/h7-11,19-20,41,44H,2-6,12-16H2,1H3/t19-,20-,32+,33+/m1/s1. The van der Waals surface area contributed by atoms with Gasteiger partial charge in [0.25, 0.3) is 0 Å². The van der Waals surface area contributed by atoms with Gasteiger partial charge in [-0.1, -0.05) is 11.6 Å². The number of nitrogens with zero attached hydrogens (tertiary/aromatic N) is 4. The molecule has 8 rings (SSSR count). The van der Waals surface area contributed by atoms with Crippen molar-refractivity contribution in [3.05, 3.63) is 52.8 Å². The topological polar surface area (TPSA) is 73.8 Å². The first-order valence-corrected chi connectivity index (χ1v) is 15.8. The van der Waals surface area contributed by atoms with Crippen LogP contribution in [0.4, 0.5) is 23.4 Å². The van der Waals surface area contributed by atoms with Gasteiger partial charge < -0.3 is 20.1 Å². The molecule has 0 aliphatic carbocycles. The van der Waals surface area contributed by atoms with Crippen LogP contribution in [0, 0.1) is 17.5 Å². The number of ether oxygens (including phenoxy) is 1. The third-order valence-corrected chi connectivity index (χ3v) is 10.5. The molecule has 7 nitrogen and oxygen atoms in total. The molecule has 1 aromatic heterocycles. The second-order valence-electron chi connectivity index (χ2n) is 13.4. The van der Waals surface area contributed by atoms with E-state index in [1.807, 2.05) is 4.90 Å². The number of aromatic hydroxyl groups is 1. The monoisotopic (exact) mass is 641 g/mol. The second kappa shape index (κ2) is 10.3. The Balaban J connectivity index is 1.29. The maximum absolute atomic E-state index is 16.8. The van der Waals surface area contributed by atoms with Crippen molar-refractivity contribution in [3.8, 4) is 22.9 Å². The molecule has 0 spiro atoms. The van der Waals surface area contributed by atoms with E-state index < -0.39 is 34.7 Å². The summed E-state index contributed by atoms with van der Waals surface area (Å²) >= 11 is 6.39. The van der Waals surface area contributed by atoms with Gasteiger partial charge in [0, 0.05) is 54.0 Å². The average Bonchev–Trinajstić information content (AvgIpc) is 3.59. The fourth-order valence-electron chi connectivity index (χ4n) is 8.27. The van der Waals surface area contributed by atoms with Crippen molar-refractivity contribution >= 4 is 39.1 Å². The van der Waals surface area contributed by atoms with Gasteiger partial charge in [0.2, 0.25) is 0 Å². The zero-order valence-electron chi connectivity index (χ0n) is 24.6. The molecule has 4 aromatic rings. The lowest BCUT2D eigenvalue weighted by molar-refractivity contribution is 0.107. The van der Waals surface area contributed by atoms with Gasteiger partial charge in [0.15, 0.2) is 5.82 Å². The number of rotatable bonds is 5. The lowest BCUT2D eigenvalue weighted by Gasteiger charge is -2.40. The minimum absolute atomic E-state index is 0.0392. The molecule has 0 unspecified atom stereocenters. The fraction of sp³-hybridized carbons (Fsp3) is 0.455. The first kappa shape index (κ1) is 29.0. The van der Waals surface area contributed by atoms with Crippen LogP contribution in [0.25, 0.3) is 32.8 Å². The Hall–Kier alpha value is -3.41. The van der Waals surface area contributed by atoms with Crippen LogP contribution in [0.5, 0.6) is 11.8 Å². The largest absolute Gasteiger partial charge is 0.508 e. The molecular weight excluding hydrogens is 610 g/mol. The van der Waals surface area contributed by atoms with Gasteiger partial charge in [-0.25, -0.2) is 17.6 Å². The summed E-state index contributed by atoms with van der Waals surface area (Å²) in [4.78, 5) is 13.3. The van der Waals surface area contributed by atoms with E-state index in [0.29, 0.717) is 31.9 Å². The zero-order valence-corrected chi connectivity index (χ0v) is 25.4. The number of anilines is 1. The number of benzene rings is 3. The molecule has 4 saturated heterocycles. The van der Waals surface area contributed by atoms with Gasteiger partial charge in [-0.05, 0) is 74.9 Å². The first-order valence-electron chi connectivity index (χ1n) is 15.4. The number of alkyl halides is 1. The lowest BCUT2D eigenvalue weighted by atomic mass is 9.95. The van der Waals surface area contributed by atoms with Crippen molar-refractivity contribution in [1.82, 2.24) is 20.2 Å². The van der Waals surface area contributed by atoms with Gasteiger partial charge in [0.1, 0.15) is 41.5 Å². The third-order valence-electron chi connectivity index (χ3n) is 10.2. The van der Waals surface area contributed by atoms with Crippen molar-refractivity contribution in [2.45, 2.75) is 62.3 Å². The van der Waals surface area contributed by atoms with Crippen LogP contribution < -0.4 is 15.0 Å². The van der Waals surface area contributed by atoms with Crippen molar-refractivity contribution in [1.29, 1.82) is 0 Å². The number of aromatic nitrogens is 2. The molecule has 2 N–H and O–H groups in total. The van der Waals surface area contributed by atoms with Crippen molar-refractivity contribution < 1.29 is 27.4 Å². The number of fused-ring (bicyclic) bond motifs is 5. The Morgan fingerprint density at radius 3 is 2.78 bits per heavy atom. The summed E-state index contributed by atoms with van der Waals surface area (Å²) in [6, 6.07) is 6.01. The van der Waals surface area contributed by atoms with Crippen LogP contribution in [0.1, 0.15) is 39.0 Å². The number of halogens is 5. The molecule has 3 aromatic carbocycles. The van der Waals surface area contributed by atoms with E-state index in [2.05, 4.69) is 22.1 Å². The van der Waals surface area contributed by atoms with E-state index in [9.17, 15) is 13.9 Å². The minimum atomic E-state index is -0.986. The van der Waals surface area contributed by atoms with E-state index >= 15 is 8.78 Å². The van der Waals surface area contributed by atoms with Gasteiger partial charge >= 0.3 is 6.01 Å². The number of nitrogens with one attached hydrogen (secondary N) is 1. The van der Waals surface area contributed by atoms with E-state index in [1.54, 1.807) is 0 Å². The average molecular weight is 642 g/mol. The molecule has 4 atom stereocenters. The van der Waals surface area contributed by atoms with Crippen LogP contribution in [-0.2, 0) is 0 Å². The fourth-order valence-corrected chi connectivity index (χ4v) is 8.59. The summed E-state index contributed by atoms with van der Waals surface area (Å²) < 4.78 is 67.8. The normalized spacial score (nSPS) is 28.0. The van der Waals surface area contributed by atoms with Crippen LogP contribution in [0.3, 0.4) is 0 Å². The summed E-state index contributed by atoms with van der Waals surface area (Å²) in [5.74, 6) is -2.49. The second-order valence-corrected chi connectivity index (χ2v) is 13.8. The SMILES string of the molecule is C[C@]12CC[C@H](CN(c3nc(OC[C@@]45CCCN4C[C@H](F)C5)nc4c(F)c(-c5cc(O)cc6cc(F)cc(Cl)c56)c(F)cc34)C1)N2. The summed E-state index contributed by atoms with van der Waals surface area (Å²) in [5.41, 5.74) is -1.32. The molecule has 2 bridgehead atoms. The Bertz CT molecular complexity index is 1870. The van der Waals surface area contributed by atoms with Gasteiger partial charge in [-0.15, -0.1) is 0 Å². The van der Waals surface area contributed by atoms with Gasteiger partial charge in [-0.2, -0.15) is 9.97 Å². The lowest BCUT2D eigenvalue weighted by Crippen LogP contribution is -2.58. The molecule has 45 heavy (non-hydrogen) atoms. The summed E-state index contributed by atoms with van der Waals surface area (Å²) in [5, 5.41) is 14.6. The molecule has 0 amide bonds. The maximum atomic E-state index is 16.8. The number of hydrogen-bond acceptors (Lipinski definition) is 7. The predicted molar refractivity (Wildman–Crippen MR) is 164 cm³/mol. The first-order chi connectivity index (χ1) is 21.5. The van der Waals surface area contributed by atoms with Crippen LogP contribution in [0.2, 0.25) is 5.02 Å². The van der Waals surface area contributed by atoms with E-state index in [1.165, 1.54) is 18.2 Å². The Morgan fingerprint density at radius 1 is 1.11 bits per heavy atom. The van der Waals surface area contributed by atoms with Crippen LogP contribution in [-0.4, -0.2) is 76.1 Å². The van der Waals surface area contributed by atoms with Crippen LogP contribution in [0.15, 0.2) is 30.3 Å². The highest BCUT2D eigenvalue weighted by Crippen LogP contribution is 2.44. The van der Waals surface area contributed by atoms with E-state index in [4.69, 9.17) is 21.3 Å². The summed E-state index contributed by atoms with van der Waals surface area (Å²) in [6.45, 7) is 4.57. The van der Waals surface area contributed by atoms with Crippen molar-refractivity contribution in [2.24, 2.45) is 0 Å². The molecule has 0 radical (unpaired) electrons. The van der Waals surface area contributed by atoms with Gasteiger partial charge in [-0.3, -0.25) is 4.90 Å². The summed E-state index contributed by atoms with van der Waals surface area (Å²) in [7, 11) is 0. The number of phenolic OH excluding ortho intramolecular Hbond substituents is 1. The van der Waals surface area contributed by atoms with E-state index in [-0.39, 0.29) is 62.2 Å². The highest BCUT2D eigenvalue weighted by molar-refractivity contribution is 6.36. The minimum Gasteiger partial charge on any atom is -0.508 e. The number of piperazine rings is 1. The summed E-state index contributed by atoms with van der Waals surface area (Å²) in [6.07, 6.45) is 3.05. The Morgan fingerprint density at radius 2 is 1.96 bits per heavy atom. The van der Waals surface area contributed by atoms with Crippen LogP contribution >= 0.6 is 11.6 Å². The molecule has 12 heteroatoms. The predicted octanol–water partition coefficient (Wildman–Crippen LogP) is 6.51. The number of phenols is 1. The molecule has 4 fully saturated rings. The highest BCUT2D eigenvalue weighted by Gasteiger charge is 2.49. The third kappa shape index (κ3) is 4.77. The van der Waals surface area contributed by atoms with E-state index in [0.717, 1.165) is 44.4 Å². The Labute approximate surface area is 262 Å².